The fourth-order valence-corrected chi connectivity index (χ4v) is 2.28. The second-order valence-electron chi connectivity index (χ2n) is 4.08. The maximum absolute atomic E-state index is 13.9. The second kappa shape index (κ2) is 5.80. The van der Waals surface area contributed by atoms with Crippen LogP contribution in [0.25, 0.3) is 0 Å². The molecule has 2 nitrogen and oxygen atoms in total. The van der Waals surface area contributed by atoms with Crippen LogP contribution in [0, 0.1) is 5.82 Å². The Hall–Kier alpha value is -1.94. The van der Waals surface area contributed by atoms with E-state index in [0.717, 1.165) is 5.69 Å². The Bertz CT molecular complexity index is 584. The summed E-state index contributed by atoms with van der Waals surface area (Å²) in [4.78, 5) is 2.06. The number of nitrogens with zero attached hydrogens (tertiary/aromatic N) is 1. The molecule has 0 radical (unpaired) electrons. The smallest absolute Gasteiger partial charge is 0.135 e. The molecule has 0 heterocycles. The van der Waals surface area contributed by atoms with E-state index in [2.05, 4.69) is 0 Å². The molecule has 0 aliphatic heterocycles. The van der Waals surface area contributed by atoms with Crippen LogP contribution in [-0.2, 0) is 0 Å². The van der Waals surface area contributed by atoms with E-state index in [1.54, 1.807) is 6.07 Å². The third-order valence-corrected chi connectivity index (χ3v) is 3.12. The van der Waals surface area contributed by atoms with Gasteiger partial charge in [-0.05, 0) is 31.2 Å². The SMILES string of the molecule is CCN(c1ccccc1)c1cccc(F)c1C(N)=S. The molecule has 98 valence electrons. The average Bonchev–Trinajstić information content (AvgIpc) is 2.40. The first-order valence-corrected chi connectivity index (χ1v) is 6.47. The lowest BCUT2D eigenvalue weighted by Gasteiger charge is -2.25. The van der Waals surface area contributed by atoms with E-state index >= 15 is 0 Å². The molecule has 0 unspecified atom stereocenters. The van der Waals surface area contributed by atoms with E-state index in [1.165, 1.54) is 6.07 Å². The van der Waals surface area contributed by atoms with Gasteiger partial charge >= 0.3 is 0 Å². The lowest BCUT2D eigenvalue weighted by Crippen LogP contribution is -2.22. The van der Waals surface area contributed by atoms with Crippen LogP contribution in [0.1, 0.15) is 12.5 Å². The van der Waals surface area contributed by atoms with Crippen molar-refractivity contribution in [2.24, 2.45) is 5.73 Å². The Morgan fingerprint density at radius 1 is 1.16 bits per heavy atom. The van der Waals surface area contributed by atoms with Gasteiger partial charge in [-0.3, -0.25) is 0 Å². The van der Waals surface area contributed by atoms with E-state index in [0.29, 0.717) is 17.8 Å². The van der Waals surface area contributed by atoms with Gasteiger partial charge in [-0.1, -0.05) is 36.5 Å². The number of hydrogen-bond donors (Lipinski definition) is 1. The summed E-state index contributed by atoms with van der Waals surface area (Å²) in [6.45, 7) is 2.70. The highest BCUT2D eigenvalue weighted by Gasteiger charge is 2.16. The van der Waals surface area contributed by atoms with Crippen molar-refractivity contribution in [2.45, 2.75) is 6.92 Å². The van der Waals surface area contributed by atoms with Crippen LogP contribution < -0.4 is 10.6 Å². The number of hydrogen-bond acceptors (Lipinski definition) is 2. The molecule has 0 aliphatic carbocycles. The van der Waals surface area contributed by atoms with Gasteiger partial charge in [0.1, 0.15) is 10.8 Å². The second-order valence-corrected chi connectivity index (χ2v) is 4.52. The van der Waals surface area contributed by atoms with Crippen molar-refractivity contribution in [3.63, 3.8) is 0 Å². The number of para-hydroxylation sites is 1. The average molecular weight is 274 g/mol. The van der Waals surface area contributed by atoms with Crippen molar-refractivity contribution in [1.82, 2.24) is 0 Å². The lowest BCUT2D eigenvalue weighted by molar-refractivity contribution is 0.625. The van der Waals surface area contributed by atoms with Gasteiger partial charge in [-0.2, -0.15) is 0 Å². The Balaban J connectivity index is 2.56. The van der Waals surface area contributed by atoms with Crippen LogP contribution >= 0.6 is 12.2 Å². The molecule has 0 aromatic heterocycles. The quantitative estimate of drug-likeness (QED) is 0.863. The number of thiocarbonyl (C=S) groups is 1. The molecular weight excluding hydrogens is 259 g/mol. The molecule has 0 atom stereocenters. The van der Waals surface area contributed by atoms with Gasteiger partial charge in [0.15, 0.2) is 0 Å². The Morgan fingerprint density at radius 2 is 1.84 bits per heavy atom. The van der Waals surface area contributed by atoms with E-state index < -0.39 is 0 Å². The van der Waals surface area contributed by atoms with Crippen molar-refractivity contribution in [1.29, 1.82) is 0 Å². The molecule has 0 saturated heterocycles. The zero-order valence-electron chi connectivity index (χ0n) is 10.6. The molecule has 2 N–H and O–H groups in total. The van der Waals surface area contributed by atoms with Crippen molar-refractivity contribution >= 4 is 28.6 Å². The maximum atomic E-state index is 13.9. The summed E-state index contributed by atoms with van der Waals surface area (Å²) in [7, 11) is 0. The Labute approximate surface area is 117 Å². The minimum atomic E-state index is -0.389. The number of halogens is 1. The highest BCUT2D eigenvalue weighted by Crippen LogP contribution is 2.29. The van der Waals surface area contributed by atoms with Gasteiger partial charge in [0.2, 0.25) is 0 Å². The summed E-state index contributed by atoms with van der Waals surface area (Å²) < 4.78 is 13.9. The fraction of sp³-hybridized carbons (Fsp3) is 0.133. The zero-order valence-corrected chi connectivity index (χ0v) is 11.5. The minimum absolute atomic E-state index is 0.0717. The predicted molar refractivity (Wildman–Crippen MR) is 81.4 cm³/mol. The Kier molecular flexibility index (Phi) is 4.12. The molecule has 19 heavy (non-hydrogen) atoms. The molecule has 2 aromatic carbocycles. The van der Waals surface area contributed by atoms with Crippen LogP contribution in [0.15, 0.2) is 48.5 Å². The van der Waals surface area contributed by atoms with Gasteiger partial charge in [0.25, 0.3) is 0 Å². The summed E-state index contributed by atoms with van der Waals surface area (Å²) in [5, 5.41) is 0. The normalized spacial score (nSPS) is 10.2. The summed E-state index contributed by atoms with van der Waals surface area (Å²) in [5.74, 6) is -0.389. The standard InChI is InChI=1S/C15H15FN2S/c1-2-18(11-7-4-3-5-8-11)13-10-6-9-12(16)14(13)15(17)19/h3-10H,2H2,1H3,(H2,17,19). The highest BCUT2D eigenvalue weighted by atomic mass is 32.1. The molecule has 0 saturated carbocycles. The molecule has 0 bridgehead atoms. The van der Waals surface area contributed by atoms with Gasteiger partial charge in [-0.25, -0.2) is 4.39 Å². The topological polar surface area (TPSA) is 29.3 Å². The zero-order chi connectivity index (χ0) is 13.8. The van der Waals surface area contributed by atoms with Crippen LogP contribution in [0.3, 0.4) is 0 Å². The van der Waals surface area contributed by atoms with Crippen LogP contribution in [0.5, 0.6) is 0 Å². The van der Waals surface area contributed by atoms with Crippen LogP contribution in [-0.4, -0.2) is 11.5 Å². The van der Waals surface area contributed by atoms with E-state index in [1.807, 2.05) is 48.2 Å². The molecule has 4 heteroatoms. The number of anilines is 2. The molecule has 0 spiro atoms. The first-order valence-electron chi connectivity index (χ1n) is 6.06. The number of nitrogens with two attached hydrogens (primary N) is 1. The molecule has 0 fully saturated rings. The number of benzene rings is 2. The van der Waals surface area contributed by atoms with Gasteiger partial charge in [0, 0.05) is 12.2 Å². The van der Waals surface area contributed by atoms with E-state index in [9.17, 15) is 4.39 Å². The predicted octanol–water partition coefficient (Wildman–Crippen LogP) is 3.62. The van der Waals surface area contributed by atoms with Crippen molar-refractivity contribution in [3.05, 3.63) is 59.9 Å². The molecule has 2 aromatic rings. The summed E-state index contributed by atoms with van der Waals surface area (Å²) in [5.41, 5.74) is 7.62. The van der Waals surface area contributed by atoms with E-state index in [-0.39, 0.29) is 10.8 Å². The fourth-order valence-electron chi connectivity index (χ4n) is 2.08. The van der Waals surface area contributed by atoms with Crippen molar-refractivity contribution in [2.75, 3.05) is 11.4 Å². The van der Waals surface area contributed by atoms with E-state index in [4.69, 9.17) is 18.0 Å². The van der Waals surface area contributed by atoms with Gasteiger partial charge in [-0.15, -0.1) is 0 Å². The molecule has 2 rings (SSSR count). The lowest BCUT2D eigenvalue weighted by atomic mass is 10.1. The molecular formula is C15H15FN2S. The maximum Gasteiger partial charge on any atom is 0.135 e. The van der Waals surface area contributed by atoms with Gasteiger partial charge < -0.3 is 10.6 Å². The third-order valence-electron chi connectivity index (χ3n) is 2.91. The minimum Gasteiger partial charge on any atom is -0.389 e. The number of rotatable bonds is 4. The highest BCUT2D eigenvalue weighted by molar-refractivity contribution is 7.80. The largest absolute Gasteiger partial charge is 0.389 e. The van der Waals surface area contributed by atoms with Crippen LogP contribution in [0.4, 0.5) is 15.8 Å². The van der Waals surface area contributed by atoms with Crippen LogP contribution in [0.2, 0.25) is 0 Å². The third kappa shape index (κ3) is 2.74. The summed E-state index contributed by atoms with van der Waals surface area (Å²) in [6.07, 6.45) is 0. The van der Waals surface area contributed by atoms with Crippen molar-refractivity contribution in [3.8, 4) is 0 Å². The first-order chi connectivity index (χ1) is 9.15. The molecule has 0 aliphatic rings. The summed E-state index contributed by atoms with van der Waals surface area (Å²) in [6, 6.07) is 14.6. The Morgan fingerprint density at radius 3 is 2.42 bits per heavy atom. The van der Waals surface area contributed by atoms with Gasteiger partial charge in [0.05, 0.1) is 11.3 Å². The summed E-state index contributed by atoms with van der Waals surface area (Å²) >= 11 is 4.97. The monoisotopic (exact) mass is 274 g/mol. The molecule has 0 amide bonds. The van der Waals surface area contributed by atoms with Crippen molar-refractivity contribution < 1.29 is 4.39 Å². The first kappa shape index (κ1) is 13.5.